The largest absolute Gasteiger partial charge is 0.369 e. The van der Waals surface area contributed by atoms with E-state index < -0.39 is 0 Å². The molecule has 3 heterocycles. The van der Waals surface area contributed by atoms with Crippen molar-refractivity contribution in [1.29, 1.82) is 0 Å². The van der Waals surface area contributed by atoms with Crippen LogP contribution >= 0.6 is 11.6 Å². The van der Waals surface area contributed by atoms with E-state index in [1.54, 1.807) is 33.7 Å². The Balaban J connectivity index is 1.31. The summed E-state index contributed by atoms with van der Waals surface area (Å²) in [5.41, 5.74) is 14.1. The molecule has 1 fully saturated rings. The minimum absolute atomic E-state index is 0.205. The predicted molar refractivity (Wildman–Crippen MR) is 139 cm³/mol. The van der Waals surface area contributed by atoms with Crippen molar-refractivity contribution in [3.05, 3.63) is 81.9 Å². The lowest BCUT2D eigenvalue weighted by atomic mass is 10.2. The van der Waals surface area contributed by atoms with Crippen LogP contribution < -0.4 is 21.6 Å². The van der Waals surface area contributed by atoms with Gasteiger partial charge in [0.05, 0.1) is 28.2 Å². The van der Waals surface area contributed by atoms with Gasteiger partial charge in [-0.2, -0.15) is 4.98 Å². The normalized spacial score (nSPS) is 13.3. The fourth-order valence-corrected chi connectivity index (χ4v) is 4.68. The molecular weight excluding hydrogens is 492 g/mol. The monoisotopic (exact) mass is 515 g/mol. The van der Waals surface area contributed by atoms with Crippen LogP contribution in [-0.2, 0) is 13.0 Å². The molecule has 1 aliphatic rings. The van der Waals surface area contributed by atoms with Gasteiger partial charge in [0, 0.05) is 12.3 Å². The molecule has 37 heavy (non-hydrogen) atoms. The zero-order chi connectivity index (χ0) is 25.5. The molecule has 11 heteroatoms. The maximum atomic E-state index is 13.5. The number of aromatic nitrogens is 6. The van der Waals surface area contributed by atoms with Crippen LogP contribution in [0.25, 0.3) is 28.0 Å². The lowest BCUT2D eigenvalue weighted by Gasteiger charge is -2.14. The van der Waals surface area contributed by atoms with Gasteiger partial charge in [-0.3, -0.25) is 9.36 Å². The third kappa shape index (κ3) is 4.29. The highest BCUT2D eigenvalue weighted by Gasteiger charge is 2.31. The van der Waals surface area contributed by atoms with Crippen molar-refractivity contribution in [1.82, 2.24) is 24.7 Å². The minimum Gasteiger partial charge on any atom is -0.369 e. The Morgan fingerprint density at radius 2 is 1.89 bits per heavy atom. The molecule has 0 spiro atoms. The molecule has 0 atom stereocenters. The second-order valence-electron chi connectivity index (χ2n) is 9.06. The molecule has 6 rings (SSSR count). The molecule has 1 aliphatic carbocycles. The number of hydrogen-bond acceptors (Lipinski definition) is 8. The van der Waals surface area contributed by atoms with Gasteiger partial charge in [0.15, 0.2) is 11.4 Å². The van der Waals surface area contributed by atoms with E-state index in [1.807, 2.05) is 30.3 Å². The Hall–Kier alpha value is -4.31. The van der Waals surface area contributed by atoms with Gasteiger partial charge >= 0.3 is 0 Å². The number of para-hydroxylation sites is 1. The molecule has 0 unspecified atom stereocenters. The Kier molecular flexibility index (Phi) is 5.80. The smallest absolute Gasteiger partial charge is 0.270 e. The summed E-state index contributed by atoms with van der Waals surface area (Å²) in [4.78, 5) is 27.1. The summed E-state index contributed by atoms with van der Waals surface area (Å²) in [5, 5.41) is 4.83. The van der Waals surface area contributed by atoms with Gasteiger partial charge in [0.1, 0.15) is 5.82 Å². The first kappa shape index (κ1) is 23.1. The number of nitrogens with zero attached hydrogens (tertiary/aromatic N) is 6. The van der Waals surface area contributed by atoms with E-state index in [4.69, 9.17) is 32.6 Å². The van der Waals surface area contributed by atoms with E-state index in [2.05, 4.69) is 15.1 Å². The predicted octanol–water partition coefficient (Wildman–Crippen LogP) is 3.45. The Morgan fingerprint density at radius 3 is 2.68 bits per heavy atom. The third-order valence-electron chi connectivity index (χ3n) is 6.49. The van der Waals surface area contributed by atoms with E-state index in [9.17, 15) is 4.79 Å². The molecular formula is C26H24ClN8O2+. The summed E-state index contributed by atoms with van der Waals surface area (Å²) < 4.78 is 8.84. The highest BCUT2D eigenvalue weighted by Crippen LogP contribution is 2.39. The van der Waals surface area contributed by atoms with Crippen LogP contribution in [0.4, 0.5) is 11.6 Å². The minimum atomic E-state index is -0.205. The molecule has 10 nitrogen and oxygen atoms in total. The van der Waals surface area contributed by atoms with Gasteiger partial charge in [-0.15, -0.1) is 0 Å². The first-order chi connectivity index (χ1) is 18.0. The molecule has 186 valence electrons. The second kappa shape index (κ2) is 9.29. The van der Waals surface area contributed by atoms with Crippen LogP contribution in [0.5, 0.6) is 0 Å². The fraction of sp³-hybridized carbons (Fsp3) is 0.231. The molecule has 1 saturated carbocycles. The average molecular weight is 516 g/mol. The molecule has 0 amide bonds. The van der Waals surface area contributed by atoms with Crippen molar-refractivity contribution >= 4 is 34.1 Å². The first-order valence-corrected chi connectivity index (χ1v) is 12.4. The summed E-state index contributed by atoms with van der Waals surface area (Å²) in [5.74, 6) is 2.52. The van der Waals surface area contributed by atoms with Crippen LogP contribution in [0.3, 0.4) is 0 Å². The number of anilines is 2. The van der Waals surface area contributed by atoms with Crippen LogP contribution in [0.1, 0.15) is 36.8 Å². The van der Waals surface area contributed by atoms with Crippen LogP contribution in [-0.4, -0.2) is 24.7 Å². The number of hydrogen-bond donors (Lipinski definition) is 2. The van der Waals surface area contributed by atoms with Crippen molar-refractivity contribution in [2.45, 2.75) is 38.1 Å². The maximum Gasteiger partial charge on any atom is 0.270 e. The van der Waals surface area contributed by atoms with Crippen molar-refractivity contribution in [2.24, 2.45) is 0 Å². The summed E-state index contributed by atoms with van der Waals surface area (Å²) in [6.45, 7) is 0.508. The Morgan fingerprint density at radius 1 is 1.08 bits per heavy atom. The number of halogens is 1. The van der Waals surface area contributed by atoms with Gasteiger partial charge in [-0.25, -0.2) is 9.55 Å². The van der Waals surface area contributed by atoms with Gasteiger partial charge in [-0.1, -0.05) is 46.0 Å². The summed E-state index contributed by atoms with van der Waals surface area (Å²) >= 11 is 6.37. The molecule has 5 aromatic rings. The Labute approximate surface area is 216 Å². The third-order valence-corrected chi connectivity index (χ3v) is 6.80. The molecule has 4 N–H and O–H groups in total. The summed E-state index contributed by atoms with van der Waals surface area (Å²) in [6, 6.07) is 14.7. The zero-order valence-electron chi connectivity index (χ0n) is 19.8. The highest BCUT2D eigenvalue weighted by atomic mass is 35.5. The van der Waals surface area contributed by atoms with Gasteiger partial charge in [0.2, 0.25) is 18.0 Å². The van der Waals surface area contributed by atoms with Crippen LogP contribution in [0.15, 0.2) is 64.2 Å². The van der Waals surface area contributed by atoms with E-state index in [1.165, 1.54) is 0 Å². The number of nitrogens with two attached hydrogens (primary N) is 2. The number of fused-ring (bicyclic) bond motifs is 1. The Bertz CT molecular complexity index is 1680. The van der Waals surface area contributed by atoms with E-state index in [0.717, 1.165) is 18.5 Å². The van der Waals surface area contributed by atoms with E-state index in [0.29, 0.717) is 64.3 Å². The highest BCUT2D eigenvalue weighted by molar-refractivity contribution is 6.35. The molecule has 0 saturated heterocycles. The first-order valence-electron chi connectivity index (χ1n) is 12.0. The number of nitrogen functional groups attached to an aromatic ring is 2. The topological polar surface area (TPSA) is 143 Å². The lowest BCUT2D eigenvalue weighted by Crippen LogP contribution is -2.39. The van der Waals surface area contributed by atoms with Gasteiger partial charge < -0.3 is 16.0 Å². The molecule has 3 aromatic heterocycles. The van der Waals surface area contributed by atoms with Crippen molar-refractivity contribution in [2.75, 3.05) is 11.5 Å². The number of aryl methyl sites for hydroxylation is 2. The van der Waals surface area contributed by atoms with Crippen molar-refractivity contribution in [3.8, 4) is 17.1 Å². The summed E-state index contributed by atoms with van der Waals surface area (Å²) in [6.07, 6.45) is 4.83. The average Bonchev–Trinajstić information content (AvgIpc) is 3.63. The number of rotatable bonds is 7. The second-order valence-corrected chi connectivity index (χ2v) is 9.46. The van der Waals surface area contributed by atoms with E-state index in [-0.39, 0.29) is 17.3 Å². The van der Waals surface area contributed by atoms with Crippen molar-refractivity contribution < 1.29 is 9.09 Å². The number of benzene rings is 2. The van der Waals surface area contributed by atoms with Crippen LogP contribution in [0, 0.1) is 0 Å². The maximum absolute atomic E-state index is 13.5. The van der Waals surface area contributed by atoms with E-state index >= 15 is 0 Å². The molecule has 2 aromatic carbocycles. The standard InChI is InChI=1S/C26H23ClN8O2/c27-17-8-4-9-18-20(17)26(36)35(16-6-2-1-3-7-16)19(31-18)10-5-13-34-14-30-22(28)21(23(34)29)25-32-24(33-37-25)15-11-12-15/h1-4,6-9,14-15H,5,10-13H2,(H3,28,29,32,33)/p+1. The zero-order valence-corrected chi connectivity index (χ0v) is 20.6. The quantitative estimate of drug-likeness (QED) is 0.314. The lowest BCUT2D eigenvalue weighted by molar-refractivity contribution is -0.685. The molecule has 0 aliphatic heterocycles. The van der Waals surface area contributed by atoms with Crippen LogP contribution in [0.2, 0.25) is 5.02 Å². The van der Waals surface area contributed by atoms with Gasteiger partial charge in [-0.05, 0) is 43.5 Å². The molecule has 0 bridgehead atoms. The van der Waals surface area contributed by atoms with Crippen molar-refractivity contribution in [3.63, 3.8) is 0 Å². The van der Waals surface area contributed by atoms with Gasteiger partial charge in [0.25, 0.3) is 11.4 Å². The fourth-order valence-electron chi connectivity index (χ4n) is 4.43. The SMILES string of the molecule is Nc1nc[n+](CCCc2nc3cccc(Cl)c3c(=O)n2-c2ccccc2)c(N)c1-c1nc(C2CC2)no1. The summed E-state index contributed by atoms with van der Waals surface area (Å²) in [7, 11) is 0. The molecule has 0 radical (unpaired) electrons.